The first-order valence-electron chi connectivity index (χ1n) is 5.24. The van der Waals surface area contributed by atoms with Crippen LogP contribution in [0.5, 0.6) is 0 Å². The van der Waals surface area contributed by atoms with Crippen LogP contribution >= 0.6 is 23.4 Å². The number of aromatic nitrogens is 2. The Bertz CT molecular complexity index is 451. The molecule has 1 aromatic rings. The van der Waals surface area contributed by atoms with E-state index in [0.29, 0.717) is 5.16 Å². The van der Waals surface area contributed by atoms with Crippen LogP contribution in [0.3, 0.4) is 0 Å². The first-order chi connectivity index (χ1) is 8.99. The zero-order chi connectivity index (χ0) is 14.4. The summed E-state index contributed by atoms with van der Waals surface area (Å²) in [5.74, 6) is -0.753. The first kappa shape index (κ1) is 16.1. The van der Waals surface area contributed by atoms with E-state index in [2.05, 4.69) is 9.97 Å². The Morgan fingerprint density at radius 1 is 1.63 bits per heavy atom. The molecule has 0 saturated carbocycles. The number of hydrogen-bond acceptors (Lipinski definition) is 5. The maximum absolute atomic E-state index is 12.4. The average Bonchev–Trinajstić information content (AvgIpc) is 2.37. The van der Waals surface area contributed by atoms with E-state index in [4.69, 9.17) is 16.7 Å². The molecule has 0 aliphatic carbocycles. The summed E-state index contributed by atoms with van der Waals surface area (Å²) in [5, 5.41) is 9.11. The number of hydrogen-bond donors (Lipinski definition) is 1. The fraction of sp³-hybridized carbons (Fsp3) is 0.500. The van der Waals surface area contributed by atoms with Gasteiger partial charge in [0.05, 0.1) is 24.4 Å². The highest BCUT2D eigenvalue weighted by Crippen LogP contribution is 2.18. The molecule has 19 heavy (non-hydrogen) atoms. The van der Waals surface area contributed by atoms with Crippen molar-refractivity contribution in [1.82, 2.24) is 14.9 Å². The lowest BCUT2D eigenvalue weighted by molar-refractivity contribution is 0.0503. The molecule has 0 saturated heterocycles. The molecule has 1 rings (SSSR count). The van der Waals surface area contributed by atoms with Gasteiger partial charge < -0.3 is 10.0 Å². The molecule has 5 nitrogen and oxygen atoms in total. The minimum absolute atomic E-state index is 0.0139. The first-order valence-corrected chi connectivity index (χ1v) is 6.84. The van der Waals surface area contributed by atoms with Crippen molar-refractivity contribution in [2.45, 2.75) is 11.6 Å². The number of amides is 1. The Kier molecular flexibility index (Phi) is 6.40. The highest BCUT2D eigenvalue weighted by Gasteiger charge is 2.23. The molecule has 0 bridgehead atoms. The minimum atomic E-state index is -2.70. The van der Waals surface area contributed by atoms with Gasteiger partial charge in [-0.1, -0.05) is 23.4 Å². The Labute approximate surface area is 118 Å². The Hall–Kier alpha value is -0.990. The molecule has 1 aromatic heterocycles. The number of nitrogens with zero attached hydrogens (tertiary/aromatic N) is 3. The van der Waals surface area contributed by atoms with Crippen molar-refractivity contribution in [2.24, 2.45) is 0 Å². The number of alkyl halides is 2. The number of carbonyl (C=O) groups is 1. The van der Waals surface area contributed by atoms with Gasteiger partial charge in [0, 0.05) is 6.54 Å². The van der Waals surface area contributed by atoms with Crippen molar-refractivity contribution in [3.05, 3.63) is 16.9 Å². The summed E-state index contributed by atoms with van der Waals surface area (Å²) < 4.78 is 24.8. The highest BCUT2D eigenvalue weighted by molar-refractivity contribution is 7.98. The summed E-state index contributed by atoms with van der Waals surface area (Å²) in [7, 11) is 0. The number of aliphatic hydroxyl groups is 1. The van der Waals surface area contributed by atoms with Crippen molar-refractivity contribution in [1.29, 1.82) is 0 Å². The molecule has 1 N–H and O–H groups in total. The fourth-order valence-electron chi connectivity index (χ4n) is 1.31. The zero-order valence-corrected chi connectivity index (χ0v) is 11.6. The van der Waals surface area contributed by atoms with Crippen molar-refractivity contribution >= 4 is 29.3 Å². The zero-order valence-electron chi connectivity index (χ0n) is 10.0. The van der Waals surface area contributed by atoms with Gasteiger partial charge in [0.2, 0.25) is 0 Å². The van der Waals surface area contributed by atoms with Crippen LogP contribution in [0.25, 0.3) is 0 Å². The number of carbonyl (C=O) groups excluding carboxylic acids is 1. The Balaban J connectivity index is 3.01. The van der Waals surface area contributed by atoms with Crippen molar-refractivity contribution in [3.8, 4) is 0 Å². The molecule has 0 aromatic carbocycles. The molecule has 0 atom stereocenters. The molecule has 1 heterocycles. The van der Waals surface area contributed by atoms with Crippen molar-refractivity contribution < 1.29 is 18.7 Å². The van der Waals surface area contributed by atoms with Crippen LogP contribution in [-0.2, 0) is 0 Å². The summed E-state index contributed by atoms with van der Waals surface area (Å²) >= 11 is 7.00. The molecule has 0 aliphatic heterocycles. The van der Waals surface area contributed by atoms with Gasteiger partial charge in [-0.2, -0.15) is 0 Å². The van der Waals surface area contributed by atoms with Crippen LogP contribution in [0.4, 0.5) is 8.78 Å². The minimum Gasteiger partial charge on any atom is -0.395 e. The Morgan fingerprint density at radius 2 is 2.32 bits per heavy atom. The van der Waals surface area contributed by atoms with Crippen LogP contribution < -0.4 is 0 Å². The second-order valence-electron chi connectivity index (χ2n) is 3.42. The van der Waals surface area contributed by atoms with E-state index in [0.717, 1.165) is 4.90 Å². The molecule has 106 valence electrons. The van der Waals surface area contributed by atoms with E-state index in [1.54, 1.807) is 6.26 Å². The molecule has 0 spiro atoms. The predicted molar refractivity (Wildman–Crippen MR) is 67.8 cm³/mol. The SMILES string of the molecule is CSc1ncc(Cl)c(C(=O)N(CCO)CC(F)F)n1. The van der Waals surface area contributed by atoms with Crippen LogP contribution in [0, 0.1) is 0 Å². The number of aliphatic hydroxyl groups excluding tert-OH is 1. The molecule has 0 unspecified atom stereocenters. The third-order valence-corrected chi connectivity index (χ3v) is 2.96. The molecule has 0 radical (unpaired) electrons. The van der Waals surface area contributed by atoms with Gasteiger partial charge in [0.1, 0.15) is 0 Å². The normalized spacial score (nSPS) is 10.8. The third-order valence-electron chi connectivity index (χ3n) is 2.12. The van der Waals surface area contributed by atoms with Crippen LogP contribution in [0.2, 0.25) is 5.02 Å². The maximum atomic E-state index is 12.4. The third kappa shape index (κ3) is 4.55. The lowest BCUT2D eigenvalue weighted by Gasteiger charge is -2.21. The Morgan fingerprint density at radius 3 is 2.84 bits per heavy atom. The molecule has 0 aliphatic rings. The van der Waals surface area contributed by atoms with E-state index in [9.17, 15) is 13.6 Å². The molecule has 9 heteroatoms. The number of halogens is 3. The fourth-order valence-corrected chi connectivity index (χ4v) is 1.82. The van der Waals surface area contributed by atoms with E-state index < -0.39 is 25.5 Å². The van der Waals surface area contributed by atoms with Crippen molar-refractivity contribution in [3.63, 3.8) is 0 Å². The van der Waals surface area contributed by atoms with Gasteiger partial charge in [0.15, 0.2) is 10.9 Å². The van der Waals surface area contributed by atoms with E-state index in [-0.39, 0.29) is 17.3 Å². The monoisotopic (exact) mass is 311 g/mol. The summed E-state index contributed by atoms with van der Waals surface area (Å²) in [5.41, 5.74) is -0.143. The lowest BCUT2D eigenvalue weighted by atomic mass is 10.3. The van der Waals surface area contributed by atoms with Crippen LogP contribution in [0.1, 0.15) is 10.5 Å². The van der Waals surface area contributed by atoms with Gasteiger partial charge in [-0.05, 0) is 6.26 Å². The largest absolute Gasteiger partial charge is 0.395 e. The van der Waals surface area contributed by atoms with Crippen molar-refractivity contribution in [2.75, 3.05) is 26.0 Å². The quantitative estimate of drug-likeness (QED) is 0.638. The standard InChI is InChI=1S/C10H12ClF2N3O2S/c1-19-10-14-4-6(11)8(15-10)9(18)16(2-3-17)5-7(12)13/h4,7,17H,2-3,5H2,1H3. The van der Waals surface area contributed by atoms with E-state index in [1.165, 1.54) is 18.0 Å². The summed E-state index contributed by atoms with van der Waals surface area (Å²) in [6, 6.07) is 0. The number of rotatable bonds is 6. The molecular formula is C10H12ClF2N3O2S. The maximum Gasteiger partial charge on any atom is 0.274 e. The van der Waals surface area contributed by atoms with E-state index >= 15 is 0 Å². The second-order valence-corrected chi connectivity index (χ2v) is 4.60. The van der Waals surface area contributed by atoms with Gasteiger partial charge in [0.25, 0.3) is 12.3 Å². The summed E-state index contributed by atoms with van der Waals surface area (Å²) in [6.07, 6.45) is 0.256. The van der Waals surface area contributed by atoms with Gasteiger partial charge >= 0.3 is 0 Å². The lowest BCUT2D eigenvalue weighted by Crippen LogP contribution is -2.38. The summed E-state index contributed by atoms with van der Waals surface area (Å²) in [6.45, 7) is -1.41. The molecular weight excluding hydrogens is 300 g/mol. The number of thioether (sulfide) groups is 1. The second kappa shape index (κ2) is 7.56. The predicted octanol–water partition coefficient (Wildman–Crippen LogP) is 1.55. The van der Waals surface area contributed by atoms with Crippen LogP contribution in [-0.4, -0.2) is 58.3 Å². The van der Waals surface area contributed by atoms with E-state index in [1.807, 2.05) is 0 Å². The van der Waals surface area contributed by atoms with Gasteiger partial charge in [-0.15, -0.1) is 0 Å². The average molecular weight is 312 g/mol. The topological polar surface area (TPSA) is 66.3 Å². The van der Waals surface area contributed by atoms with Crippen LogP contribution in [0.15, 0.2) is 11.4 Å². The smallest absolute Gasteiger partial charge is 0.274 e. The molecule has 1 amide bonds. The van der Waals surface area contributed by atoms with Gasteiger partial charge in [-0.3, -0.25) is 4.79 Å². The van der Waals surface area contributed by atoms with Gasteiger partial charge in [-0.25, -0.2) is 18.7 Å². The summed E-state index contributed by atoms with van der Waals surface area (Å²) in [4.78, 5) is 20.6. The highest BCUT2D eigenvalue weighted by atomic mass is 35.5. The molecule has 0 fully saturated rings.